The van der Waals surface area contributed by atoms with E-state index in [0.717, 1.165) is 25.8 Å². The second kappa shape index (κ2) is 7.84. The largest absolute Gasteiger partial charge is 0.447 e. The maximum absolute atomic E-state index is 5.82. The zero-order valence-electron chi connectivity index (χ0n) is 14.1. The number of nitrogens with zero attached hydrogens (tertiary/aromatic N) is 3. The minimum absolute atomic E-state index is 0.466. The van der Waals surface area contributed by atoms with Crippen LogP contribution in [0.5, 0.6) is 0 Å². The van der Waals surface area contributed by atoms with Crippen molar-refractivity contribution in [3.63, 3.8) is 0 Å². The molecule has 2 heterocycles. The van der Waals surface area contributed by atoms with Gasteiger partial charge in [0.05, 0.1) is 10.7 Å². The summed E-state index contributed by atoms with van der Waals surface area (Å²) in [6.07, 6.45) is 1.60. The molecule has 5 nitrogen and oxygen atoms in total. The molecule has 0 aliphatic carbocycles. The predicted molar refractivity (Wildman–Crippen MR) is 104 cm³/mol. The third-order valence-corrected chi connectivity index (χ3v) is 5.09. The number of hydrogen-bond donors (Lipinski definition) is 1. The molecule has 0 unspecified atom stereocenters. The minimum atomic E-state index is 0.466. The molecule has 0 bridgehead atoms. The van der Waals surface area contributed by atoms with Gasteiger partial charge in [0.25, 0.3) is 0 Å². The van der Waals surface area contributed by atoms with Crippen LogP contribution in [-0.2, 0) is 0 Å². The average Bonchev–Trinajstić information content (AvgIpc) is 2.88. The molecule has 25 heavy (non-hydrogen) atoms. The first-order valence-corrected chi connectivity index (χ1v) is 9.26. The maximum atomic E-state index is 5.82. The van der Waals surface area contributed by atoms with E-state index in [9.17, 15) is 0 Å². The molecular weight excluding hydrogens is 400 g/mol. The van der Waals surface area contributed by atoms with Crippen molar-refractivity contribution in [3.05, 3.63) is 63.6 Å². The van der Waals surface area contributed by atoms with Gasteiger partial charge in [-0.2, -0.15) is 5.10 Å². The number of nitrogens with one attached hydrogen (secondary N) is 1. The van der Waals surface area contributed by atoms with E-state index in [0.29, 0.717) is 11.7 Å². The van der Waals surface area contributed by atoms with Gasteiger partial charge in [0, 0.05) is 22.3 Å². The number of aromatic nitrogens is 2. The molecule has 0 radical (unpaired) electrons. The van der Waals surface area contributed by atoms with Crippen LogP contribution in [0.2, 0.25) is 0 Å². The van der Waals surface area contributed by atoms with E-state index in [1.54, 1.807) is 18.0 Å². The molecule has 1 N–H and O–H groups in total. The maximum Gasteiger partial charge on any atom is 0.243 e. The van der Waals surface area contributed by atoms with Crippen LogP contribution in [-0.4, -0.2) is 16.2 Å². The van der Waals surface area contributed by atoms with Gasteiger partial charge in [0.2, 0.25) is 5.95 Å². The van der Waals surface area contributed by atoms with Crippen LogP contribution in [0.25, 0.3) is 0 Å². The van der Waals surface area contributed by atoms with Crippen molar-refractivity contribution in [2.24, 2.45) is 5.10 Å². The van der Waals surface area contributed by atoms with Crippen molar-refractivity contribution in [1.82, 2.24) is 9.97 Å². The van der Waals surface area contributed by atoms with E-state index in [1.807, 2.05) is 26.0 Å². The van der Waals surface area contributed by atoms with Crippen LogP contribution >= 0.6 is 27.7 Å². The second-order valence-corrected chi connectivity index (χ2v) is 7.44. The van der Waals surface area contributed by atoms with Crippen LogP contribution in [0.1, 0.15) is 22.7 Å². The Bertz CT molecular complexity index is 886. The molecule has 3 rings (SSSR count). The first-order chi connectivity index (χ1) is 12.0. The van der Waals surface area contributed by atoms with Gasteiger partial charge in [-0.05, 0) is 54.9 Å². The molecule has 0 fully saturated rings. The summed E-state index contributed by atoms with van der Waals surface area (Å²) in [7, 11) is 0. The van der Waals surface area contributed by atoms with Crippen LogP contribution in [0, 0.1) is 20.8 Å². The molecule has 128 valence electrons. The molecule has 3 aromatic rings. The lowest BCUT2D eigenvalue weighted by atomic mass is 10.2. The van der Waals surface area contributed by atoms with Gasteiger partial charge < -0.3 is 4.42 Å². The Morgan fingerprint density at radius 1 is 1.08 bits per heavy atom. The highest BCUT2D eigenvalue weighted by atomic mass is 79.9. The third-order valence-electron chi connectivity index (χ3n) is 3.24. The highest BCUT2D eigenvalue weighted by Crippen LogP contribution is 2.35. The quantitative estimate of drug-likeness (QED) is 0.448. The molecule has 0 spiro atoms. The van der Waals surface area contributed by atoms with E-state index < -0.39 is 0 Å². The van der Waals surface area contributed by atoms with Crippen LogP contribution in [0.4, 0.5) is 5.95 Å². The summed E-state index contributed by atoms with van der Waals surface area (Å²) in [5.74, 6) is 1.10. The van der Waals surface area contributed by atoms with Crippen LogP contribution < -0.4 is 5.43 Å². The number of rotatable bonds is 5. The lowest BCUT2D eigenvalue weighted by Gasteiger charge is -2.01. The number of aryl methyl sites for hydroxylation is 3. The average molecular weight is 417 g/mol. The smallest absolute Gasteiger partial charge is 0.243 e. The Labute approximate surface area is 159 Å². The van der Waals surface area contributed by atoms with Gasteiger partial charge >= 0.3 is 0 Å². The lowest BCUT2D eigenvalue weighted by Crippen LogP contribution is -1.99. The number of anilines is 1. The summed E-state index contributed by atoms with van der Waals surface area (Å²) in [4.78, 5) is 9.66. The van der Waals surface area contributed by atoms with Crippen molar-refractivity contribution < 1.29 is 4.42 Å². The van der Waals surface area contributed by atoms with Crippen molar-refractivity contribution in [3.8, 4) is 0 Å². The van der Waals surface area contributed by atoms with E-state index >= 15 is 0 Å². The fourth-order valence-electron chi connectivity index (χ4n) is 2.15. The topological polar surface area (TPSA) is 63.3 Å². The zero-order valence-corrected chi connectivity index (χ0v) is 16.5. The monoisotopic (exact) mass is 416 g/mol. The second-order valence-electron chi connectivity index (χ2n) is 5.54. The minimum Gasteiger partial charge on any atom is -0.447 e. The summed E-state index contributed by atoms with van der Waals surface area (Å²) >= 11 is 5.08. The number of hydrogen-bond acceptors (Lipinski definition) is 6. The Morgan fingerprint density at radius 3 is 2.44 bits per heavy atom. The number of hydrazone groups is 1. The van der Waals surface area contributed by atoms with E-state index in [4.69, 9.17) is 4.42 Å². The van der Waals surface area contributed by atoms with Gasteiger partial charge in [-0.1, -0.05) is 29.5 Å². The van der Waals surface area contributed by atoms with Crippen molar-refractivity contribution >= 4 is 39.9 Å². The van der Waals surface area contributed by atoms with E-state index in [-0.39, 0.29) is 0 Å². The summed E-state index contributed by atoms with van der Waals surface area (Å²) in [5, 5.41) is 4.93. The van der Waals surface area contributed by atoms with Gasteiger partial charge in [-0.25, -0.2) is 15.4 Å². The van der Waals surface area contributed by atoms with Gasteiger partial charge in [-0.3, -0.25) is 0 Å². The van der Waals surface area contributed by atoms with Gasteiger partial charge in [0.15, 0.2) is 5.09 Å². The van der Waals surface area contributed by atoms with Crippen LogP contribution in [0.15, 0.2) is 60.4 Å². The molecule has 0 aliphatic heterocycles. The standard InChI is InChI=1S/C18H17BrN4OS/c1-11-4-6-15(7-5-11)25-17-16(19)9-14(24-17)10-20-23-18-21-12(2)8-13(3)22-18/h4-10H,1-3H3,(H,21,22,23)/b20-10+. The summed E-state index contributed by atoms with van der Waals surface area (Å²) < 4.78 is 6.71. The highest BCUT2D eigenvalue weighted by molar-refractivity contribution is 9.10. The van der Waals surface area contributed by atoms with Crippen molar-refractivity contribution in [2.45, 2.75) is 30.8 Å². The number of halogens is 1. The molecule has 7 heteroatoms. The fourth-order valence-corrected chi connectivity index (χ4v) is 3.48. The Morgan fingerprint density at radius 2 is 1.76 bits per heavy atom. The highest BCUT2D eigenvalue weighted by Gasteiger charge is 2.09. The summed E-state index contributed by atoms with van der Waals surface area (Å²) in [5.41, 5.74) is 5.84. The fraction of sp³-hybridized carbons (Fsp3) is 0.167. The van der Waals surface area contributed by atoms with Gasteiger partial charge in [0.1, 0.15) is 5.76 Å². The molecule has 1 aromatic carbocycles. The zero-order chi connectivity index (χ0) is 17.8. The molecular formula is C18H17BrN4OS. The number of benzene rings is 1. The normalized spacial score (nSPS) is 11.2. The van der Waals surface area contributed by atoms with Gasteiger partial charge in [-0.15, -0.1) is 0 Å². The number of furan rings is 1. The molecule has 0 atom stereocenters. The molecule has 2 aromatic heterocycles. The van der Waals surface area contributed by atoms with E-state index in [2.05, 4.69) is 67.6 Å². The molecule has 0 saturated heterocycles. The first kappa shape index (κ1) is 17.7. The molecule has 0 aliphatic rings. The third kappa shape index (κ3) is 4.93. The van der Waals surface area contributed by atoms with E-state index in [1.165, 1.54) is 5.56 Å². The summed E-state index contributed by atoms with van der Waals surface area (Å²) in [6, 6.07) is 12.1. The summed E-state index contributed by atoms with van der Waals surface area (Å²) in [6.45, 7) is 5.90. The van der Waals surface area contributed by atoms with Crippen molar-refractivity contribution in [2.75, 3.05) is 5.43 Å². The Kier molecular flexibility index (Phi) is 5.55. The SMILES string of the molecule is Cc1ccc(Sc2oc(/C=N/Nc3nc(C)cc(C)n3)cc2Br)cc1. The van der Waals surface area contributed by atoms with Crippen molar-refractivity contribution in [1.29, 1.82) is 0 Å². The first-order valence-electron chi connectivity index (χ1n) is 7.65. The Balaban J connectivity index is 1.68. The lowest BCUT2D eigenvalue weighted by molar-refractivity contribution is 0.466. The Hall–Kier alpha value is -2.12. The van der Waals surface area contributed by atoms with Crippen LogP contribution in [0.3, 0.4) is 0 Å². The molecule has 0 amide bonds. The predicted octanol–water partition coefficient (Wildman–Crippen LogP) is 5.35. The molecule has 0 saturated carbocycles.